The summed E-state index contributed by atoms with van der Waals surface area (Å²) in [5.74, 6) is 0. The standard InChI is InChI=1S/2Ba.3Cu.8O.2Pr. The van der Waals surface area contributed by atoms with Crippen molar-refractivity contribution in [3.05, 3.63) is 0 Å². The van der Waals surface area contributed by atoms with E-state index in [1.54, 1.807) is 0 Å². The van der Waals surface area contributed by atoms with Gasteiger partial charge in [-0.1, -0.05) is 0 Å². The van der Waals surface area contributed by atoms with E-state index < -0.39 is 75.7 Å². The van der Waals surface area contributed by atoms with E-state index in [1.165, 1.54) is 0 Å². The van der Waals surface area contributed by atoms with Gasteiger partial charge in [-0.05, 0) is 0 Å². The summed E-state index contributed by atoms with van der Waals surface area (Å²) in [6.07, 6.45) is 0. The summed E-state index contributed by atoms with van der Waals surface area (Å²) in [5.41, 5.74) is 0. The normalized spacial score (nSPS) is 3.60. The van der Waals surface area contributed by atoms with Gasteiger partial charge in [0.05, 0.1) is 0 Å². The van der Waals surface area contributed by atoms with Gasteiger partial charge in [0, 0.05) is 0 Å². The Kier molecular flexibility index (Phi) is 222. The summed E-state index contributed by atoms with van der Waals surface area (Å²) in [6, 6.07) is 0. The summed E-state index contributed by atoms with van der Waals surface area (Å²) in [4.78, 5) is 0. The zero-order valence-corrected chi connectivity index (χ0v) is 25.9. The fourth-order valence-electron chi connectivity index (χ4n) is 0.0227. The third kappa shape index (κ3) is 101. The van der Waals surface area contributed by atoms with Crippen LogP contribution in [0.15, 0.2) is 0 Å². The van der Waals surface area contributed by atoms with Crippen LogP contribution < -0.4 is 0 Å². The van der Waals surface area contributed by atoms with Crippen LogP contribution in [-0.2, 0) is 58.7 Å². The molecule has 0 fully saturated rings. The molecule has 15 heavy (non-hydrogen) atoms. The van der Waals surface area contributed by atoms with Gasteiger partial charge in [0.25, 0.3) is 0 Å². The van der Waals surface area contributed by atoms with E-state index in [2.05, 4.69) is 45.1 Å². The van der Waals surface area contributed by atoms with E-state index in [9.17, 15) is 1.99 Å². The molecule has 0 atom stereocenters. The van der Waals surface area contributed by atoms with Gasteiger partial charge in [0.1, 0.15) is 0 Å². The van der Waals surface area contributed by atoms with Crippen molar-refractivity contribution in [3.8, 4) is 0 Å². The molecule has 91 valence electrons. The zero-order valence-electron chi connectivity index (χ0n) is 6.74. The SMILES string of the molecule is [O]=[Ba].[O]=[Ba].[O]=[Cu].[O]=[Cu].[O]=[Cu].[O]=[Pr][O][Pr]=[O]. The average Bonchev–Trinajstić information content (AvgIpc) is 2.42. The maximum atomic E-state index is 9.37. The van der Waals surface area contributed by atoms with Gasteiger partial charge < -0.3 is 0 Å². The molecule has 0 aliphatic rings. The van der Waals surface area contributed by atoms with Crippen LogP contribution in [0, 0.1) is 75.7 Å². The van der Waals surface area contributed by atoms with Gasteiger partial charge >= 0.3 is 228 Å². The average molecular weight is 875 g/mol. The minimum atomic E-state index is -2.02. The van der Waals surface area contributed by atoms with Crippen LogP contribution in [0.4, 0.5) is 0 Å². The van der Waals surface area contributed by atoms with Gasteiger partial charge in [0.15, 0.2) is 0 Å². The second kappa shape index (κ2) is 89.2. The summed E-state index contributed by atoms with van der Waals surface area (Å²) < 4.78 is 63.2. The van der Waals surface area contributed by atoms with Crippen molar-refractivity contribution in [1.29, 1.82) is 0 Å². The Morgan fingerprint density at radius 3 is 0.800 bits per heavy atom. The molecule has 0 aliphatic heterocycles. The number of hydrogen-bond acceptors (Lipinski definition) is 8. The first-order valence-corrected chi connectivity index (χ1v) is 12.7. The molecule has 0 spiro atoms. The third-order valence-corrected chi connectivity index (χ3v) is 6.11. The fraction of sp³-hybridized carbons (Fsp3) is 0. The first-order valence-electron chi connectivity index (χ1n) is 1.89. The van der Waals surface area contributed by atoms with Crippen LogP contribution in [0.25, 0.3) is 0 Å². The van der Waals surface area contributed by atoms with E-state index >= 15 is 0 Å². The second-order valence-corrected chi connectivity index (χ2v) is 8.91. The maximum absolute atomic E-state index is 9.37. The van der Waals surface area contributed by atoms with Crippen LogP contribution in [-0.4, -0.2) is 93.4 Å². The predicted octanol–water partition coefficient (Wildman–Crippen LogP) is -1.67. The molecule has 0 saturated carbocycles. The Labute approximate surface area is 220 Å². The second-order valence-electron chi connectivity index (χ2n) is 0.329. The van der Waals surface area contributed by atoms with E-state index in [0.717, 1.165) is 0 Å². The molecule has 0 N–H and O–H groups in total. The van der Waals surface area contributed by atoms with Gasteiger partial charge in [-0.2, -0.15) is 0 Å². The summed E-state index contributed by atoms with van der Waals surface area (Å²) in [5, 5.41) is 0. The van der Waals surface area contributed by atoms with E-state index in [-0.39, 0.29) is 93.4 Å². The quantitative estimate of drug-likeness (QED) is 0.302. The monoisotopic (exact) mass is 874 g/mol. The van der Waals surface area contributed by atoms with Gasteiger partial charge in [-0.15, -0.1) is 0 Å². The first kappa shape index (κ1) is 37.3. The van der Waals surface area contributed by atoms with Crippen molar-refractivity contribution in [2.75, 3.05) is 0 Å². The Bertz CT molecular complexity index is 90.3. The number of rotatable bonds is 2. The topological polar surface area (TPSA) is 129 Å². The molecule has 0 bridgehead atoms. The molecule has 0 aromatic rings. The summed E-state index contributed by atoms with van der Waals surface area (Å²) in [6.45, 7) is 0. The minimum absolute atomic E-state index is 0.222. The van der Waals surface area contributed by atoms with E-state index in [4.69, 9.17) is 11.6 Å². The van der Waals surface area contributed by atoms with Crippen LogP contribution in [0.3, 0.4) is 0 Å². The molecule has 15 heteroatoms. The number of hydrogen-bond donors (Lipinski definition) is 0. The van der Waals surface area contributed by atoms with Crippen molar-refractivity contribution in [2.45, 2.75) is 0 Å². The molecule has 0 saturated heterocycles. The molecule has 0 unspecified atom stereocenters. The van der Waals surface area contributed by atoms with Crippen LogP contribution >= 0.6 is 0 Å². The molecule has 0 radical (unpaired) electrons. The Hall–Kier alpha value is 5.99. The van der Waals surface area contributed by atoms with Gasteiger partial charge in [0.2, 0.25) is 0 Å². The molecule has 0 aromatic heterocycles. The Balaban J connectivity index is -0.0000000177. The van der Waals surface area contributed by atoms with E-state index in [0.29, 0.717) is 0 Å². The molecule has 0 aliphatic carbocycles. The molecule has 0 amide bonds. The molecular formula is Ba2Cu3O8Pr2. The summed E-state index contributed by atoms with van der Waals surface area (Å²) in [7, 11) is 0. The molecule has 8 nitrogen and oxygen atoms in total. The third-order valence-electron chi connectivity index (χ3n) is 0.111. The van der Waals surface area contributed by atoms with Crippen molar-refractivity contribution in [2.24, 2.45) is 0 Å². The van der Waals surface area contributed by atoms with E-state index in [1.807, 2.05) is 0 Å². The Morgan fingerprint density at radius 2 is 0.800 bits per heavy atom. The van der Waals surface area contributed by atoms with Crippen molar-refractivity contribution < 1.29 is 134 Å². The van der Waals surface area contributed by atoms with Crippen LogP contribution in [0.1, 0.15) is 0 Å². The zero-order chi connectivity index (χ0) is 14.1. The molecule has 0 rings (SSSR count). The van der Waals surface area contributed by atoms with Crippen LogP contribution in [0.5, 0.6) is 0 Å². The van der Waals surface area contributed by atoms with Gasteiger partial charge in [-0.3, -0.25) is 0 Å². The van der Waals surface area contributed by atoms with Crippen molar-refractivity contribution >= 4 is 93.4 Å². The first-order chi connectivity index (χ1) is 7.41. The fourth-order valence-corrected chi connectivity index (χ4v) is 1.25. The molecular weight excluding hydrogens is 875 g/mol. The Morgan fingerprint density at radius 1 is 0.667 bits per heavy atom. The molecule has 0 heterocycles. The summed E-state index contributed by atoms with van der Waals surface area (Å²) >= 11 is 4.33. The van der Waals surface area contributed by atoms with Crippen molar-refractivity contribution in [3.63, 3.8) is 0 Å². The van der Waals surface area contributed by atoms with Crippen molar-refractivity contribution in [1.82, 2.24) is 0 Å². The van der Waals surface area contributed by atoms with Crippen LogP contribution in [0.2, 0.25) is 0 Å². The molecule has 0 aromatic carbocycles. The van der Waals surface area contributed by atoms with Gasteiger partial charge in [-0.25, -0.2) is 0 Å². The predicted molar refractivity (Wildman–Crippen MR) is 17.4 cm³/mol.